The summed E-state index contributed by atoms with van der Waals surface area (Å²) < 4.78 is 34.1. The van der Waals surface area contributed by atoms with Gasteiger partial charge < -0.3 is 10.5 Å². The molecule has 0 spiro atoms. The molecule has 0 saturated carbocycles. The van der Waals surface area contributed by atoms with Crippen molar-refractivity contribution < 1.29 is 18.3 Å². The fraction of sp³-hybridized carbons (Fsp3) is 0.182. The highest BCUT2D eigenvalue weighted by Gasteiger charge is 2.29. The molecular formula is C22H21F2N5O2. The minimum absolute atomic E-state index is 0.138. The molecule has 3 aromatic rings. The molecule has 7 nitrogen and oxygen atoms in total. The Hall–Kier alpha value is -3.72. The summed E-state index contributed by atoms with van der Waals surface area (Å²) in [5.74, 6) is 4.99. The fourth-order valence-corrected chi connectivity index (χ4v) is 3.60. The lowest BCUT2D eigenvalue weighted by atomic mass is 10.1. The minimum Gasteiger partial charge on any atom is -0.461 e. The summed E-state index contributed by atoms with van der Waals surface area (Å²) in [6.07, 6.45) is 1.93. The van der Waals surface area contributed by atoms with E-state index in [1.165, 1.54) is 35.6 Å². The molecule has 0 bridgehead atoms. The predicted octanol–water partition coefficient (Wildman–Crippen LogP) is 2.98. The summed E-state index contributed by atoms with van der Waals surface area (Å²) in [5.41, 5.74) is 9.63. The van der Waals surface area contributed by atoms with E-state index in [9.17, 15) is 13.6 Å². The molecule has 0 saturated heterocycles. The van der Waals surface area contributed by atoms with Gasteiger partial charge in [-0.15, -0.1) is 0 Å². The Balaban J connectivity index is 1.86. The average molecular weight is 425 g/mol. The van der Waals surface area contributed by atoms with Gasteiger partial charge >= 0.3 is 5.97 Å². The number of benzene rings is 2. The van der Waals surface area contributed by atoms with E-state index in [2.05, 4.69) is 4.98 Å². The number of hydrogen-bond donors (Lipinski definition) is 2. The number of nitrogens with zero attached hydrogens (tertiary/aromatic N) is 3. The Morgan fingerprint density at radius 2 is 1.84 bits per heavy atom. The molecule has 4 N–H and O–H groups in total. The van der Waals surface area contributed by atoms with Gasteiger partial charge in [-0.2, -0.15) is 0 Å². The normalized spacial score (nSPS) is 14.5. The molecule has 9 heteroatoms. The van der Waals surface area contributed by atoms with E-state index in [1.807, 2.05) is 0 Å². The molecule has 1 aromatic heterocycles. The number of allylic oxidation sites excluding steroid dienone is 2. The molecular weight excluding hydrogens is 404 g/mol. The molecule has 31 heavy (non-hydrogen) atoms. The number of ether oxygens (including phenoxy) is 1. The number of esters is 1. The van der Waals surface area contributed by atoms with E-state index in [0.717, 1.165) is 5.56 Å². The standard InChI is InChI=1S/C22H21F2N5O2/c1-2-31-22(30)21-20-11-18(16(25)9-13-3-5-14(23)6-4-13)29(26)19-10-15(24)7-8-17(19)28(20)12-27-21/h3-8,10,12H,2,9,11,25-26H2,1H3/b18-16-. The van der Waals surface area contributed by atoms with Crippen LogP contribution >= 0.6 is 0 Å². The number of nitrogens with two attached hydrogens (primary N) is 2. The monoisotopic (exact) mass is 425 g/mol. The van der Waals surface area contributed by atoms with Crippen LogP contribution in [0.4, 0.5) is 14.5 Å². The molecule has 2 heterocycles. The van der Waals surface area contributed by atoms with Crippen molar-refractivity contribution in [2.45, 2.75) is 19.8 Å². The van der Waals surface area contributed by atoms with Crippen LogP contribution in [0.5, 0.6) is 0 Å². The number of hydrazine groups is 1. The van der Waals surface area contributed by atoms with Crippen LogP contribution in [-0.4, -0.2) is 22.1 Å². The Bertz CT molecular complexity index is 1170. The number of aromatic nitrogens is 2. The molecule has 1 aliphatic heterocycles. The smallest absolute Gasteiger partial charge is 0.358 e. The van der Waals surface area contributed by atoms with Crippen LogP contribution in [0.2, 0.25) is 0 Å². The molecule has 0 amide bonds. The molecule has 0 radical (unpaired) electrons. The van der Waals surface area contributed by atoms with Gasteiger partial charge in [0.05, 0.1) is 29.4 Å². The molecule has 1 aliphatic rings. The number of carbonyl (C=O) groups is 1. The highest BCUT2D eigenvalue weighted by Crippen LogP contribution is 2.34. The second-order valence-electron chi connectivity index (χ2n) is 7.09. The van der Waals surface area contributed by atoms with Gasteiger partial charge in [-0.1, -0.05) is 12.1 Å². The molecule has 2 aromatic carbocycles. The van der Waals surface area contributed by atoms with E-state index in [1.54, 1.807) is 29.7 Å². The summed E-state index contributed by atoms with van der Waals surface area (Å²) in [6, 6.07) is 10.1. The highest BCUT2D eigenvalue weighted by atomic mass is 19.1. The van der Waals surface area contributed by atoms with Crippen molar-refractivity contribution in [3.05, 3.63) is 88.8 Å². The summed E-state index contributed by atoms with van der Waals surface area (Å²) in [6.45, 7) is 1.91. The lowest BCUT2D eigenvalue weighted by Gasteiger charge is -2.23. The van der Waals surface area contributed by atoms with Crippen molar-refractivity contribution in [1.82, 2.24) is 9.55 Å². The summed E-state index contributed by atoms with van der Waals surface area (Å²) in [7, 11) is 0. The van der Waals surface area contributed by atoms with Crippen molar-refractivity contribution >= 4 is 11.7 Å². The third-order valence-corrected chi connectivity index (χ3v) is 5.10. The number of carbonyl (C=O) groups excluding carboxylic acids is 1. The van der Waals surface area contributed by atoms with E-state index in [-0.39, 0.29) is 31.0 Å². The van der Waals surface area contributed by atoms with Gasteiger partial charge in [-0.25, -0.2) is 24.4 Å². The first-order valence-corrected chi connectivity index (χ1v) is 9.69. The molecule has 160 valence electrons. The minimum atomic E-state index is -0.568. The summed E-state index contributed by atoms with van der Waals surface area (Å²) in [4.78, 5) is 16.7. The third-order valence-electron chi connectivity index (χ3n) is 5.10. The number of fused-ring (bicyclic) bond motifs is 3. The van der Waals surface area contributed by atoms with Gasteiger partial charge in [-0.3, -0.25) is 9.58 Å². The van der Waals surface area contributed by atoms with Gasteiger partial charge in [0, 0.05) is 24.6 Å². The second-order valence-corrected chi connectivity index (χ2v) is 7.09. The zero-order chi connectivity index (χ0) is 22.1. The average Bonchev–Trinajstić information content (AvgIpc) is 3.12. The largest absolute Gasteiger partial charge is 0.461 e. The van der Waals surface area contributed by atoms with E-state index in [4.69, 9.17) is 16.3 Å². The van der Waals surface area contributed by atoms with Crippen molar-refractivity contribution in [2.75, 3.05) is 11.6 Å². The van der Waals surface area contributed by atoms with Crippen LogP contribution < -0.4 is 16.6 Å². The van der Waals surface area contributed by atoms with Crippen LogP contribution in [0.25, 0.3) is 5.69 Å². The van der Waals surface area contributed by atoms with Crippen molar-refractivity contribution in [3.63, 3.8) is 0 Å². The van der Waals surface area contributed by atoms with Crippen LogP contribution in [0.1, 0.15) is 28.7 Å². The van der Waals surface area contributed by atoms with Gasteiger partial charge in [0.1, 0.15) is 18.0 Å². The van der Waals surface area contributed by atoms with Gasteiger partial charge in [0.2, 0.25) is 0 Å². The fourth-order valence-electron chi connectivity index (χ4n) is 3.60. The summed E-state index contributed by atoms with van der Waals surface area (Å²) in [5, 5.41) is 1.32. The SMILES string of the molecule is CCOC(=O)c1ncn2c1C/C(=C(/N)Cc1ccc(F)cc1)N(N)c1cc(F)ccc1-2. The Kier molecular flexibility index (Phi) is 5.43. The van der Waals surface area contributed by atoms with E-state index in [0.29, 0.717) is 28.5 Å². The molecule has 0 atom stereocenters. The van der Waals surface area contributed by atoms with Gasteiger partial charge in [0.15, 0.2) is 5.69 Å². The number of imidazole rings is 1. The molecule has 0 unspecified atom stereocenters. The maximum atomic E-state index is 14.1. The van der Waals surface area contributed by atoms with Crippen molar-refractivity contribution in [1.29, 1.82) is 0 Å². The Morgan fingerprint density at radius 3 is 2.55 bits per heavy atom. The van der Waals surface area contributed by atoms with Crippen LogP contribution in [0, 0.1) is 11.6 Å². The quantitative estimate of drug-likeness (QED) is 0.493. The highest BCUT2D eigenvalue weighted by molar-refractivity contribution is 5.89. The zero-order valence-corrected chi connectivity index (χ0v) is 16.8. The zero-order valence-electron chi connectivity index (χ0n) is 16.8. The molecule has 0 fully saturated rings. The van der Waals surface area contributed by atoms with Crippen molar-refractivity contribution in [3.8, 4) is 5.69 Å². The topological polar surface area (TPSA) is 99.4 Å². The maximum Gasteiger partial charge on any atom is 0.358 e. The summed E-state index contributed by atoms with van der Waals surface area (Å²) >= 11 is 0. The number of halogens is 2. The second kappa shape index (κ2) is 8.19. The van der Waals surface area contributed by atoms with E-state index < -0.39 is 11.8 Å². The predicted molar refractivity (Wildman–Crippen MR) is 111 cm³/mol. The number of hydrogen-bond acceptors (Lipinski definition) is 6. The van der Waals surface area contributed by atoms with Crippen LogP contribution in [0.3, 0.4) is 0 Å². The van der Waals surface area contributed by atoms with Gasteiger partial charge in [-0.05, 0) is 36.8 Å². The lowest BCUT2D eigenvalue weighted by Crippen LogP contribution is -2.33. The maximum absolute atomic E-state index is 14.1. The Labute approximate surface area is 177 Å². The molecule has 4 rings (SSSR count). The van der Waals surface area contributed by atoms with E-state index >= 15 is 0 Å². The number of anilines is 1. The van der Waals surface area contributed by atoms with Crippen molar-refractivity contribution in [2.24, 2.45) is 11.6 Å². The van der Waals surface area contributed by atoms with Gasteiger partial charge in [0.25, 0.3) is 0 Å². The third kappa shape index (κ3) is 3.87. The first kappa shape index (κ1) is 20.5. The first-order chi connectivity index (χ1) is 14.9. The Morgan fingerprint density at radius 1 is 1.13 bits per heavy atom. The number of rotatable bonds is 4. The first-order valence-electron chi connectivity index (χ1n) is 9.69. The molecule has 0 aliphatic carbocycles. The van der Waals surface area contributed by atoms with Crippen LogP contribution in [0.15, 0.2) is 60.2 Å². The lowest BCUT2D eigenvalue weighted by molar-refractivity contribution is 0.0519. The van der Waals surface area contributed by atoms with Crippen LogP contribution in [-0.2, 0) is 17.6 Å².